The summed E-state index contributed by atoms with van der Waals surface area (Å²) in [5, 5.41) is 7.72. The summed E-state index contributed by atoms with van der Waals surface area (Å²) >= 11 is 0. The standard InChI is InChI=1S/C15H15N5/c1-11-10-14(18-15-13(16)8-5-9-17-15)20(19-11)12-6-3-2-4-7-12/h2-10H,16H2,1H3,(H,17,18). The molecule has 1 aromatic carbocycles. The molecule has 0 radical (unpaired) electrons. The van der Waals surface area contributed by atoms with Crippen molar-refractivity contribution in [3.05, 3.63) is 60.4 Å². The van der Waals surface area contributed by atoms with Gasteiger partial charge < -0.3 is 11.1 Å². The first-order valence-corrected chi connectivity index (χ1v) is 6.33. The van der Waals surface area contributed by atoms with Crippen LogP contribution in [0.2, 0.25) is 0 Å². The van der Waals surface area contributed by atoms with Gasteiger partial charge in [0.2, 0.25) is 0 Å². The second-order valence-electron chi connectivity index (χ2n) is 4.48. The molecule has 5 heteroatoms. The van der Waals surface area contributed by atoms with Crippen molar-refractivity contribution in [3.8, 4) is 5.69 Å². The molecule has 0 spiro atoms. The van der Waals surface area contributed by atoms with Crippen molar-refractivity contribution in [1.82, 2.24) is 14.8 Å². The number of nitrogens with zero attached hydrogens (tertiary/aromatic N) is 3. The first kappa shape index (κ1) is 12.2. The lowest BCUT2D eigenvalue weighted by Gasteiger charge is -2.10. The molecule has 100 valence electrons. The molecule has 0 unspecified atom stereocenters. The number of rotatable bonds is 3. The van der Waals surface area contributed by atoms with Crippen molar-refractivity contribution < 1.29 is 0 Å². The maximum Gasteiger partial charge on any atom is 0.154 e. The molecule has 0 fully saturated rings. The number of aryl methyl sites for hydroxylation is 1. The van der Waals surface area contributed by atoms with E-state index in [1.165, 1.54) is 0 Å². The third kappa shape index (κ3) is 2.33. The van der Waals surface area contributed by atoms with Crippen LogP contribution < -0.4 is 11.1 Å². The Labute approximate surface area is 117 Å². The monoisotopic (exact) mass is 265 g/mol. The van der Waals surface area contributed by atoms with Gasteiger partial charge in [-0.05, 0) is 31.2 Å². The summed E-state index contributed by atoms with van der Waals surface area (Å²) < 4.78 is 1.84. The molecule has 3 N–H and O–H groups in total. The fourth-order valence-corrected chi connectivity index (χ4v) is 2.00. The summed E-state index contributed by atoms with van der Waals surface area (Å²) in [5.41, 5.74) is 8.42. The Bertz CT molecular complexity index is 718. The number of hydrogen-bond donors (Lipinski definition) is 2. The summed E-state index contributed by atoms with van der Waals surface area (Å²) in [6.45, 7) is 1.95. The van der Waals surface area contributed by atoms with E-state index in [4.69, 9.17) is 5.73 Å². The third-order valence-electron chi connectivity index (χ3n) is 2.92. The largest absolute Gasteiger partial charge is 0.396 e. The normalized spacial score (nSPS) is 10.4. The molecule has 0 aliphatic heterocycles. The number of nitrogen functional groups attached to an aromatic ring is 1. The van der Waals surface area contributed by atoms with E-state index in [-0.39, 0.29) is 0 Å². The van der Waals surface area contributed by atoms with Crippen molar-refractivity contribution in [3.63, 3.8) is 0 Å². The topological polar surface area (TPSA) is 68.8 Å². The fourth-order valence-electron chi connectivity index (χ4n) is 2.00. The van der Waals surface area contributed by atoms with E-state index in [1.807, 2.05) is 54.1 Å². The zero-order chi connectivity index (χ0) is 13.9. The zero-order valence-electron chi connectivity index (χ0n) is 11.1. The lowest BCUT2D eigenvalue weighted by molar-refractivity contribution is 0.868. The predicted octanol–water partition coefficient (Wildman–Crippen LogP) is 2.90. The number of aromatic nitrogens is 3. The Hall–Kier alpha value is -2.82. The van der Waals surface area contributed by atoms with Crippen LogP contribution >= 0.6 is 0 Å². The molecule has 2 aromatic heterocycles. The maximum absolute atomic E-state index is 5.91. The number of pyridine rings is 1. The highest BCUT2D eigenvalue weighted by Crippen LogP contribution is 2.23. The van der Waals surface area contributed by atoms with Gasteiger partial charge in [-0.1, -0.05) is 18.2 Å². The van der Waals surface area contributed by atoms with Gasteiger partial charge in [0.1, 0.15) is 5.82 Å². The highest BCUT2D eigenvalue weighted by Gasteiger charge is 2.09. The molecule has 3 aromatic rings. The lowest BCUT2D eigenvalue weighted by atomic mass is 10.3. The Balaban J connectivity index is 2.01. The van der Waals surface area contributed by atoms with Crippen LogP contribution in [0, 0.1) is 6.92 Å². The second-order valence-corrected chi connectivity index (χ2v) is 4.48. The molecule has 0 amide bonds. The summed E-state index contributed by atoms with van der Waals surface area (Å²) in [6, 6.07) is 15.5. The molecule has 0 saturated carbocycles. The first-order valence-electron chi connectivity index (χ1n) is 6.33. The lowest BCUT2D eigenvalue weighted by Crippen LogP contribution is -2.05. The molecule has 5 nitrogen and oxygen atoms in total. The SMILES string of the molecule is Cc1cc(Nc2ncccc2N)n(-c2ccccc2)n1. The minimum absolute atomic E-state index is 0.603. The van der Waals surface area contributed by atoms with Gasteiger partial charge in [-0.3, -0.25) is 0 Å². The van der Waals surface area contributed by atoms with Crippen molar-refractivity contribution in [2.24, 2.45) is 0 Å². The van der Waals surface area contributed by atoms with Gasteiger partial charge in [-0.2, -0.15) is 5.10 Å². The smallest absolute Gasteiger partial charge is 0.154 e. The van der Waals surface area contributed by atoms with Crippen molar-refractivity contribution >= 4 is 17.3 Å². The minimum Gasteiger partial charge on any atom is -0.396 e. The molecule has 20 heavy (non-hydrogen) atoms. The molecule has 0 bridgehead atoms. The van der Waals surface area contributed by atoms with Crippen molar-refractivity contribution in [2.75, 3.05) is 11.1 Å². The molecule has 0 saturated heterocycles. The molecule has 0 atom stereocenters. The van der Waals surface area contributed by atoms with E-state index < -0.39 is 0 Å². The number of hydrogen-bond acceptors (Lipinski definition) is 4. The molecular weight excluding hydrogens is 250 g/mol. The highest BCUT2D eigenvalue weighted by atomic mass is 15.3. The Morgan fingerprint density at radius 1 is 1.10 bits per heavy atom. The number of benzene rings is 1. The van der Waals surface area contributed by atoms with E-state index in [9.17, 15) is 0 Å². The van der Waals surface area contributed by atoms with E-state index >= 15 is 0 Å². The minimum atomic E-state index is 0.603. The average molecular weight is 265 g/mol. The summed E-state index contributed by atoms with van der Waals surface area (Å²) in [7, 11) is 0. The quantitative estimate of drug-likeness (QED) is 0.764. The number of nitrogens with two attached hydrogens (primary N) is 1. The maximum atomic E-state index is 5.91. The summed E-state index contributed by atoms with van der Waals surface area (Å²) in [6.07, 6.45) is 1.70. The van der Waals surface area contributed by atoms with E-state index in [2.05, 4.69) is 15.4 Å². The van der Waals surface area contributed by atoms with Gasteiger partial charge >= 0.3 is 0 Å². The van der Waals surface area contributed by atoms with Crippen LogP contribution in [0.5, 0.6) is 0 Å². The highest BCUT2D eigenvalue weighted by molar-refractivity contribution is 5.67. The van der Waals surface area contributed by atoms with Gasteiger partial charge in [-0.25, -0.2) is 9.67 Å². The zero-order valence-corrected chi connectivity index (χ0v) is 11.1. The van der Waals surface area contributed by atoms with E-state index in [1.54, 1.807) is 12.3 Å². The van der Waals surface area contributed by atoms with Gasteiger partial charge in [0.05, 0.1) is 17.1 Å². The van der Waals surface area contributed by atoms with Gasteiger partial charge in [0.25, 0.3) is 0 Å². The van der Waals surface area contributed by atoms with Gasteiger partial charge in [0, 0.05) is 12.3 Å². The molecule has 3 rings (SSSR count). The van der Waals surface area contributed by atoms with Crippen LogP contribution in [0.1, 0.15) is 5.69 Å². The van der Waals surface area contributed by atoms with E-state index in [0.29, 0.717) is 11.5 Å². The molecule has 2 heterocycles. The van der Waals surface area contributed by atoms with Gasteiger partial charge in [-0.15, -0.1) is 0 Å². The Morgan fingerprint density at radius 2 is 1.90 bits per heavy atom. The number of anilines is 3. The molecule has 0 aliphatic rings. The second kappa shape index (κ2) is 5.05. The number of nitrogens with one attached hydrogen (secondary N) is 1. The molecule has 0 aliphatic carbocycles. The van der Waals surface area contributed by atoms with Gasteiger partial charge in [0.15, 0.2) is 5.82 Å². The third-order valence-corrected chi connectivity index (χ3v) is 2.92. The average Bonchev–Trinajstić information content (AvgIpc) is 2.83. The summed E-state index contributed by atoms with van der Waals surface area (Å²) in [5.74, 6) is 1.46. The van der Waals surface area contributed by atoms with Crippen molar-refractivity contribution in [2.45, 2.75) is 6.92 Å². The Morgan fingerprint density at radius 3 is 2.65 bits per heavy atom. The summed E-state index contributed by atoms with van der Waals surface area (Å²) in [4.78, 5) is 4.24. The van der Waals surface area contributed by atoms with E-state index in [0.717, 1.165) is 17.2 Å². The van der Waals surface area contributed by atoms with Crippen LogP contribution in [0.4, 0.5) is 17.3 Å². The molecular formula is C15H15N5. The fraction of sp³-hybridized carbons (Fsp3) is 0.0667. The predicted molar refractivity (Wildman–Crippen MR) is 80.2 cm³/mol. The van der Waals surface area contributed by atoms with Crippen LogP contribution in [0.3, 0.4) is 0 Å². The Kier molecular flexibility index (Phi) is 3.09. The first-order chi connectivity index (χ1) is 9.74. The number of para-hydroxylation sites is 1. The van der Waals surface area contributed by atoms with Crippen molar-refractivity contribution in [1.29, 1.82) is 0 Å². The van der Waals surface area contributed by atoms with Crippen LogP contribution in [-0.4, -0.2) is 14.8 Å². The van der Waals surface area contributed by atoms with Crippen LogP contribution in [-0.2, 0) is 0 Å². The van der Waals surface area contributed by atoms with Crippen LogP contribution in [0.15, 0.2) is 54.7 Å². The van der Waals surface area contributed by atoms with Crippen LogP contribution in [0.25, 0.3) is 5.69 Å².